The number of hydrogen-bond acceptors (Lipinski definition) is 3. The average molecular weight is 844 g/mol. The SMILES string of the molecule is c1ccc(-c2ccc(-c3c(-c4ccc(-c5cc(-c6ccccc6)cc(-c6ccc(-c7nc8ccccn8c7-c7ccc(-c8ccccc8)cc7)cc6)n5)cc4)nc4ccccn34)cc2)cc1. The number of pyridine rings is 3. The van der Waals surface area contributed by atoms with Crippen LogP contribution in [0.1, 0.15) is 0 Å². The van der Waals surface area contributed by atoms with Crippen LogP contribution in [0, 0.1) is 0 Å². The van der Waals surface area contributed by atoms with E-state index in [9.17, 15) is 0 Å². The summed E-state index contributed by atoms with van der Waals surface area (Å²) in [6.07, 6.45) is 4.18. The topological polar surface area (TPSA) is 47.5 Å². The zero-order chi connectivity index (χ0) is 43.8. The maximum absolute atomic E-state index is 5.33. The Morgan fingerprint density at radius 3 is 0.924 bits per heavy atom. The van der Waals surface area contributed by atoms with E-state index in [2.05, 4.69) is 234 Å². The van der Waals surface area contributed by atoms with Crippen molar-refractivity contribution in [1.29, 1.82) is 0 Å². The van der Waals surface area contributed by atoms with Crippen LogP contribution < -0.4 is 0 Å². The van der Waals surface area contributed by atoms with Crippen molar-refractivity contribution in [2.75, 3.05) is 0 Å². The minimum atomic E-state index is 0.898. The van der Waals surface area contributed by atoms with Gasteiger partial charge in [-0.05, 0) is 69.8 Å². The maximum Gasteiger partial charge on any atom is 0.137 e. The number of benzene rings is 7. The van der Waals surface area contributed by atoms with Gasteiger partial charge in [-0.15, -0.1) is 0 Å². The zero-order valence-corrected chi connectivity index (χ0v) is 35.9. The van der Waals surface area contributed by atoms with Gasteiger partial charge >= 0.3 is 0 Å². The van der Waals surface area contributed by atoms with Gasteiger partial charge in [0, 0.05) is 45.8 Å². The van der Waals surface area contributed by atoms with E-state index in [1.54, 1.807) is 0 Å². The quantitative estimate of drug-likeness (QED) is 0.145. The molecular formula is C61H41N5. The van der Waals surface area contributed by atoms with Gasteiger partial charge in [-0.2, -0.15) is 0 Å². The van der Waals surface area contributed by atoms with Crippen molar-refractivity contribution in [1.82, 2.24) is 23.8 Å². The number of rotatable bonds is 9. The second kappa shape index (κ2) is 16.6. The van der Waals surface area contributed by atoms with E-state index in [0.717, 1.165) is 90.0 Å². The first-order valence-electron chi connectivity index (χ1n) is 22.3. The molecule has 5 heterocycles. The van der Waals surface area contributed by atoms with Crippen molar-refractivity contribution >= 4 is 11.3 Å². The molecule has 12 aromatic rings. The molecule has 0 amide bonds. The van der Waals surface area contributed by atoms with Crippen LogP contribution in [0.5, 0.6) is 0 Å². The fraction of sp³-hybridized carbons (Fsp3) is 0. The van der Waals surface area contributed by atoms with Gasteiger partial charge in [0.15, 0.2) is 0 Å². The summed E-state index contributed by atoms with van der Waals surface area (Å²) in [6.45, 7) is 0. The molecule has 0 aliphatic heterocycles. The Morgan fingerprint density at radius 1 is 0.227 bits per heavy atom. The largest absolute Gasteiger partial charge is 0.299 e. The predicted octanol–water partition coefficient (Wildman–Crippen LogP) is 15.4. The molecule has 0 spiro atoms. The maximum atomic E-state index is 5.33. The highest BCUT2D eigenvalue weighted by Crippen LogP contribution is 2.38. The van der Waals surface area contributed by atoms with E-state index in [0.29, 0.717) is 0 Å². The first-order valence-corrected chi connectivity index (χ1v) is 22.3. The van der Waals surface area contributed by atoms with E-state index in [-0.39, 0.29) is 0 Å². The lowest BCUT2D eigenvalue weighted by Crippen LogP contribution is -1.93. The van der Waals surface area contributed by atoms with Gasteiger partial charge in [0.1, 0.15) is 11.3 Å². The Bertz CT molecular complexity index is 3410. The van der Waals surface area contributed by atoms with Crippen molar-refractivity contribution in [3.63, 3.8) is 0 Å². The van der Waals surface area contributed by atoms with Gasteiger partial charge in [-0.1, -0.05) is 200 Å². The molecule has 310 valence electrons. The summed E-state index contributed by atoms with van der Waals surface area (Å²) in [5.74, 6) is 0. The van der Waals surface area contributed by atoms with Crippen LogP contribution in [0.3, 0.4) is 0 Å². The highest BCUT2D eigenvalue weighted by atomic mass is 15.0. The number of fused-ring (bicyclic) bond motifs is 2. The normalized spacial score (nSPS) is 11.3. The molecule has 7 aromatic carbocycles. The molecule has 0 N–H and O–H groups in total. The molecule has 5 heteroatoms. The molecule has 0 unspecified atom stereocenters. The van der Waals surface area contributed by atoms with Gasteiger partial charge < -0.3 is 0 Å². The van der Waals surface area contributed by atoms with E-state index < -0.39 is 0 Å². The summed E-state index contributed by atoms with van der Waals surface area (Å²) < 4.78 is 4.37. The molecule has 0 saturated carbocycles. The molecule has 66 heavy (non-hydrogen) atoms. The number of nitrogens with zero attached hydrogens (tertiary/aromatic N) is 5. The number of hydrogen-bond donors (Lipinski definition) is 0. The highest BCUT2D eigenvalue weighted by Gasteiger charge is 2.19. The zero-order valence-electron chi connectivity index (χ0n) is 35.9. The third-order valence-corrected chi connectivity index (χ3v) is 12.4. The predicted molar refractivity (Wildman–Crippen MR) is 271 cm³/mol. The minimum Gasteiger partial charge on any atom is -0.299 e. The third kappa shape index (κ3) is 7.25. The van der Waals surface area contributed by atoms with Gasteiger partial charge in [-0.25, -0.2) is 15.0 Å². The Kier molecular flexibility index (Phi) is 9.77. The smallest absolute Gasteiger partial charge is 0.137 e. The van der Waals surface area contributed by atoms with Crippen molar-refractivity contribution < 1.29 is 0 Å². The van der Waals surface area contributed by atoms with Crippen LogP contribution in [0.4, 0.5) is 0 Å². The fourth-order valence-corrected chi connectivity index (χ4v) is 9.07. The van der Waals surface area contributed by atoms with E-state index >= 15 is 0 Å². The molecule has 0 atom stereocenters. The van der Waals surface area contributed by atoms with Crippen LogP contribution in [0.2, 0.25) is 0 Å². The van der Waals surface area contributed by atoms with Crippen molar-refractivity contribution in [3.8, 4) is 101 Å². The molecule has 0 radical (unpaired) electrons. The van der Waals surface area contributed by atoms with Crippen molar-refractivity contribution in [2.45, 2.75) is 0 Å². The lowest BCUT2D eigenvalue weighted by atomic mass is 9.97. The van der Waals surface area contributed by atoms with Gasteiger partial charge in [0.25, 0.3) is 0 Å². The van der Waals surface area contributed by atoms with Crippen LogP contribution in [0.15, 0.2) is 249 Å². The Hall–Kier alpha value is -8.93. The Balaban J connectivity index is 0.897. The van der Waals surface area contributed by atoms with Crippen LogP contribution in [-0.2, 0) is 0 Å². The highest BCUT2D eigenvalue weighted by molar-refractivity contribution is 5.86. The monoisotopic (exact) mass is 843 g/mol. The molecule has 5 nitrogen and oxygen atoms in total. The summed E-state index contributed by atoms with van der Waals surface area (Å²) in [6, 6.07) is 83.2. The van der Waals surface area contributed by atoms with Crippen LogP contribution in [-0.4, -0.2) is 23.8 Å². The van der Waals surface area contributed by atoms with Crippen molar-refractivity contribution in [2.24, 2.45) is 0 Å². The molecule has 0 saturated heterocycles. The summed E-state index contributed by atoms with van der Waals surface area (Å²) in [4.78, 5) is 15.7. The van der Waals surface area contributed by atoms with E-state index in [1.807, 2.05) is 24.3 Å². The molecular weight excluding hydrogens is 803 g/mol. The van der Waals surface area contributed by atoms with Crippen molar-refractivity contribution in [3.05, 3.63) is 249 Å². The van der Waals surface area contributed by atoms with E-state index in [1.165, 1.54) is 22.3 Å². The number of imidazole rings is 2. The standard InChI is InChI=1S/C61H41N5/c1-4-14-42(15-5-1)45-22-34-51(35-23-45)60-58(63-56-20-10-12-38-65(56)60)49-30-26-47(27-31-49)54-40-53(44-18-8-3-9-19-44)41-55(62-54)48-28-32-50(33-29-48)59-61(66-39-13-11-21-57(66)64-59)52-36-24-46(25-37-52)43-16-6-2-7-17-43/h1-41H. The lowest BCUT2D eigenvalue weighted by Gasteiger charge is -2.12. The second-order valence-corrected chi connectivity index (χ2v) is 16.5. The van der Waals surface area contributed by atoms with Crippen LogP contribution in [0.25, 0.3) is 112 Å². The average Bonchev–Trinajstić information content (AvgIpc) is 3.99. The summed E-state index contributed by atoms with van der Waals surface area (Å²) in [5.41, 5.74) is 20.9. The second-order valence-electron chi connectivity index (χ2n) is 16.5. The molecule has 12 rings (SSSR count). The third-order valence-electron chi connectivity index (χ3n) is 12.4. The minimum absolute atomic E-state index is 0.898. The molecule has 5 aromatic heterocycles. The molecule has 0 aliphatic rings. The summed E-state index contributed by atoms with van der Waals surface area (Å²) in [5, 5.41) is 0. The van der Waals surface area contributed by atoms with Gasteiger partial charge in [0.05, 0.1) is 34.2 Å². The summed E-state index contributed by atoms with van der Waals surface area (Å²) in [7, 11) is 0. The fourth-order valence-electron chi connectivity index (χ4n) is 9.07. The molecule has 0 bridgehead atoms. The van der Waals surface area contributed by atoms with Crippen LogP contribution >= 0.6 is 0 Å². The molecule has 0 aliphatic carbocycles. The summed E-state index contributed by atoms with van der Waals surface area (Å²) >= 11 is 0. The Labute approximate surface area is 383 Å². The first-order chi connectivity index (χ1) is 32.7. The molecule has 0 fully saturated rings. The number of aromatic nitrogens is 5. The lowest BCUT2D eigenvalue weighted by molar-refractivity contribution is 1.19. The van der Waals surface area contributed by atoms with Gasteiger partial charge in [-0.3, -0.25) is 8.80 Å². The van der Waals surface area contributed by atoms with E-state index in [4.69, 9.17) is 15.0 Å². The van der Waals surface area contributed by atoms with Gasteiger partial charge in [0.2, 0.25) is 0 Å². The first kappa shape index (κ1) is 38.7. The Morgan fingerprint density at radius 2 is 0.530 bits per heavy atom.